The minimum Gasteiger partial charge on any atom is -0.334 e. The molecule has 0 radical (unpaired) electrons. The first-order chi connectivity index (χ1) is 13.5. The van der Waals surface area contributed by atoms with Crippen LogP contribution in [0, 0.1) is 6.92 Å². The maximum Gasteiger partial charge on any atom is 0.267 e. The van der Waals surface area contributed by atoms with Crippen LogP contribution in [0.15, 0.2) is 47.0 Å². The van der Waals surface area contributed by atoms with E-state index in [0.717, 1.165) is 15.6 Å². The average Bonchev–Trinajstić information content (AvgIpc) is 3.29. The van der Waals surface area contributed by atoms with Crippen LogP contribution in [0.3, 0.4) is 0 Å². The standard InChI is InChI=1S/C21H18ClN3O2S/c1-11(2)19-24-21(27-25-19)14-9-6-7-12(3)17(14)23-20(26)18-16(22)13-8-4-5-10-15(13)28-18/h4-11H,1-3H3,(H,23,26). The highest BCUT2D eigenvalue weighted by atomic mass is 35.5. The number of carbonyl (C=O) groups is 1. The van der Waals surface area contributed by atoms with Gasteiger partial charge in [0, 0.05) is 16.0 Å². The zero-order valence-electron chi connectivity index (χ0n) is 15.6. The van der Waals surface area contributed by atoms with Gasteiger partial charge in [0.25, 0.3) is 11.8 Å². The minimum atomic E-state index is -0.259. The molecule has 7 heteroatoms. The number of halogens is 1. The molecular formula is C21H18ClN3O2S. The predicted octanol–water partition coefficient (Wildman–Crippen LogP) is 6.29. The highest BCUT2D eigenvalue weighted by Crippen LogP contribution is 2.37. The summed E-state index contributed by atoms with van der Waals surface area (Å²) in [5.41, 5.74) is 2.22. The Morgan fingerprint density at radius 3 is 2.68 bits per heavy atom. The highest BCUT2D eigenvalue weighted by Gasteiger charge is 2.21. The molecule has 0 unspecified atom stereocenters. The maximum atomic E-state index is 13.0. The van der Waals surface area contributed by atoms with Crippen molar-refractivity contribution in [2.24, 2.45) is 0 Å². The monoisotopic (exact) mass is 411 g/mol. The van der Waals surface area contributed by atoms with Crippen molar-refractivity contribution in [3.05, 3.63) is 63.8 Å². The van der Waals surface area contributed by atoms with Gasteiger partial charge in [0.2, 0.25) is 0 Å². The molecule has 0 fully saturated rings. The van der Waals surface area contributed by atoms with E-state index in [1.807, 2.05) is 63.2 Å². The summed E-state index contributed by atoms with van der Waals surface area (Å²) in [6, 6.07) is 13.4. The largest absolute Gasteiger partial charge is 0.334 e. The van der Waals surface area contributed by atoms with E-state index in [2.05, 4.69) is 15.5 Å². The molecule has 0 spiro atoms. The Morgan fingerprint density at radius 1 is 1.18 bits per heavy atom. The van der Waals surface area contributed by atoms with E-state index in [4.69, 9.17) is 16.1 Å². The summed E-state index contributed by atoms with van der Waals surface area (Å²) in [4.78, 5) is 17.9. The lowest BCUT2D eigenvalue weighted by molar-refractivity contribution is 0.103. The molecule has 0 aliphatic heterocycles. The summed E-state index contributed by atoms with van der Waals surface area (Å²) in [6.45, 7) is 5.92. The van der Waals surface area contributed by atoms with Crippen molar-refractivity contribution in [3.63, 3.8) is 0 Å². The lowest BCUT2D eigenvalue weighted by atomic mass is 10.1. The van der Waals surface area contributed by atoms with Gasteiger partial charge in [-0.05, 0) is 24.6 Å². The van der Waals surface area contributed by atoms with Gasteiger partial charge < -0.3 is 9.84 Å². The van der Waals surface area contributed by atoms with Gasteiger partial charge in [-0.2, -0.15) is 4.98 Å². The zero-order valence-corrected chi connectivity index (χ0v) is 17.2. The van der Waals surface area contributed by atoms with Crippen LogP contribution in [0.5, 0.6) is 0 Å². The number of hydrogen-bond acceptors (Lipinski definition) is 5. The molecule has 2 aromatic carbocycles. The third-order valence-corrected chi connectivity index (χ3v) is 6.12. The van der Waals surface area contributed by atoms with Crippen LogP contribution in [-0.2, 0) is 0 Å². The number of rotatable bonds is 4. The first-order valence-corrected chi connectivity index (χ1v) is 10.1. The van der Waals surface area contributed by atoms with E-state index >= 15 is 0 Å². The highest BCUT2D eigenvalue weighted by molar-refractivity contribution is 7.21. The Balaban J connectivity index is 1.73. The Bertz CT molecular complexity index is 1180. The Morgan fingerprint density at radius 2 is 1.96 bits per heavy atom. The van der Waals surface area contributed by atoms with Gasteiger partial charge in [-0.25, -0.2) is 0 Å². The predicted molar refractivity (Wildman–Crippen MR) is 113 cm³/mol. The van der Waals surface area contributed by atoms with E-state index in [1.54, 1.807) is 0 Å². The summed E-state index contributed by atoms with van der Waals surface area (Å²) >= 11 is 7.83. The molecule has 0 saturated carbocycles. The molecule has 1 N–H and O–H groups in total. The average molecular weight is 412 g/mol. The molecule has 28 heavy (non-hydrogen) atoms. The molecule has 0 saturated heterocycles. The number of anilines is 1. The van der Waals surface area contributed by atoms with Gasteiger partial charge in [-0.1, -0.05) is 60.9 Å². The Labute approximate surface area is 171 Å². The Hall–Kier alpha value is -2.70. The molecule has 0 bridgehead atoms. The number of thiophene rings is 1. The van der Waals surface area contributed by atoms with Crippen molar-refractivity contribution in [1.82, 2.24) is 10.1 Å². The minimum absolute atomic E-state index is 0.151. The molecule has 5 nitrogen and oxygen atoms in total. The molecule has 4 aromatic rings. The van der Waals surface area contributed by atoms with Crippen molar-refractivity contribution in [2.45, 2.75) is 26.7 Å². The quantitative estimate of drug-likeness (QED) is 0.428. The van der Waals surface area contributed by atoms with Crippen LogP contribution < -0.4 is 5.32 Å². The molecule has 1 amide bonds. The summed E-state index contributed by atoms with van der Waals surface area (Å²) < 4.78 is 6.40. The number of para-hydroxylation sites is 1. The fraction of sp³-hybridized carbons (Fsp3) is 0.190. The van der Waals surface area contributed by atoms with Crippen LogP contribution in [0.2, 0.25) is 5.02 Å². The third-order valence-electron chi connectivity index (χ3n) is 4.44. The first-order valence-electron chi connectivity index (χ1n) is 8.87. The fourth-order valence-electron chi connectivity index (χ4n) is 2.92. The van der Waals surface area contributed by atoms with Crippen molar-refractivity contribution in [3.8, 4) is 11.5 Å². The summed E-state index contributed by atoms with van der Waals surface area (Å²) in [5.74, 6) is 0.898. The molecule has 0 atom stereocenters. The summed E-state index contributed by atoms with van der Waals surface area (Å²) in [6.07, 6.45) is 0. The molecular weight excluding hydrogens is 394 g/mol. The van der Waals surface area contributed by atoms with E-state index in [0.29, 0.717) is 32.9 Å². The molecule has 2 heterocycles. The third kappa shape index (κ3) is 3.30. The number of amides is 1. The summed E-state index contributed by atoms with van der Waals surface area (Å²) in [7, 11) is 0. The molecule has 2 aromatic heterocycles. The van der Waals surface area contributed by atoms with E-state index in [1.165, 1.54) is 11.3 Å². The molecule has 0 aliphatic rings. The van der Waals surface area contributed by atoms with Crippen molar-refractivity contribution >= 4 is 44.6 Å². The van der Waals surface area contributed by atoms with Crippen LogP contribution in [0.4, 0.5) is 5.69 Å². The molecule has 4 rings (SSSR count). The normalized spacial score (nSPS) is 11.3. The number of nitrogens with zero attached hydrogens (tertiary/aromatic N) is 2. The number of aryl methyl sites for hydroxylation is 1. The van der Waals surface area contributed by atoms with E-state index in [9.17, 15) is 4.79 Å². The van der Waals surface area contributed by atoms with Crippen molar-refractivity contribution < 1.29 is 9.32 Å². The van der Waals surface area contributed by atoms with E-state index < -0.39 is 0 Å². The van der Waals surface area contributed by atoms with Gasteiger partial charge >= 0.3 is 0 Å². The summed E-state index contributed by atoms with van der Waals surface area (Å²) in [5, 5.41) is 8.36. The Kier molecular flexibility index (Phi) is 4.91. The van der Waals surface area contributed by atoms with E-state index in [-0.39, 0.29) is 11.8 Å². The fourth-order valence-corrected chi connectivity index (χ4v) is 4.33. The first kappa shape index (κ1) is 18.7. The van der Waals surface area contributed by atoms with Crippen molar-refractivity contribution in [2.75, 3.05) is 5.32 Å². The van der Waals surface area contributed by atoms with Crippen LogP contribution in [0.25, 0.3) is 21.5 Å². The van der Waals surface area contributed by atoms with Gasteiger partial charge in [-0.3, -0.25) is 4.79 Å². The zero-order chi connectivity index (χ0) is 19.8. The lowest BCUT2D eigenvalue weighted by Gasteiger charge is -2.11. The second-order valence-corrected chi connectivity index (χ2v) is 8.24. The number of fused-ring (bicyclic) bond motifs is 1. The topological polar surface area (TPSA) is 68.0 Å². The van der Waals surface area contributed by atoms with Gasteiger partial charge in [0.15, 0.2) is 5.82 Å². The lowest BCUT2D eigenvalue weighted by Crippen LogP contribution is -2.12. The van der Waals surface area contributed by atoms with Gasteiger partial charge in [0.05, 0.1) is 16.3 Å². The second-order valence-electron chi connectivity index (χ2n) is 6.81. The van der Waals surface area contributed by atoms with Crippen LogP contribution in [-0.4, -0.2) is 16.0 Å². The number of hydrogen-bond donors (Lipinski definition) is 1. The number of aromatic nitrogens is 2. The van der Waals surface area contributed by atoms with Crippen LogP contribution in [0.1, 0.15) is 40.8 Å². The SMILES string of the molecule is Cc1cccc(-c2nc(C(C)C)no2)c1NC(=O)c1sc2ccccc2c1Cl. The second kappa shape index (κ2) is 7.37. The number of carbonyl (C=O) groups excluding carboxylic acids is 1. The van der Waals surface area contributed by atoms with Gasteiger partial charge in [0.1, 0.15) is 4.88 Å². The maximum absolute atomic E-state index is 13.0. The molecule has 142 valence electrons. The van der Waals surface area contributed by atoms with Crippen LogP contribution >= 0.6 is 22.9 Å². The molecule has 0 aliphatic carbocycles. The van der Waals surface area contributed by atoms with Gasteiger partial charge in [-0.15, -0.1) is 11.3 Å². The number of benzene rings is 2. The van der Waals surface area contributed by atoms with Crippen molar-refractivity contribution in [1.29, 1.82) is 0 Å². The number of nitrogens with one attached hydrogen (secondary N) is 1. The smallest absolute Gasteiger partial charge is 0.267 e.